The first-order valence-corrected chi connectivity index (χ1v) is 5.68. The largest absolute Gasteiger partial charge is 0.462 e. The number of benzene rings is 1. The third-order valence-corrected chi connectivity index (χ3v) is 2.43. The minimum Gasteiger partial charge on any atom is -0.462 e. The summed E-state index contributed by atoms with van der Waals surface area (Å²) in [6.45, 7) is 1.91. The van der Waals surface area contributed by atoms with Crippen LogP contribution in [0.3, 0.4) is 0 Å². The number of carbonyl (C=O) groups excluding carboxylic acids is 1. The molecule has 0 atom stereocenters. The smallest absolute Gasteiger partial charge is 0.343 e. The van der Waals surface area contributed by atoms with E-state index < -0.39 is 11.8 Å². The van der Waals surface area contributed by atoms with Crippen LogP contribution in [0.25, 0.3) is 11.4 Å². The summed E-state index contributed by atoms with van der Waals surface area (Å²) < 4.78 is 18.4. The summed E-state index contributed by atoms with van der Waals surface area (Å²) in [6.07, 6.45) is 1.24. The predicted molar refractivity (Wildman–Crippen MR) is 67.8 cm³/mol. The van der Waals surface area contributed by atoms with Gasteiger partial charge in [0, 0.05) is 6.20 Å². The van der Waals surface area contributed by atoms with Crippen molar-refractivity contribution >= 4 is 11.8 Å². The summed E-state index contributed by atoms with van der Waals surface area (Å²) >= 11 is 0. The van der Waals surface area contributed by atoms with E-state index in [1.807, 2.05) is 0 Å². The SMILES string of the molecule is CCOC(=O)c1cnc(-c2ccccc2F)nc1N. The van der Waals surface area contributed by atoms with E-state index in [4.69, 9.17) is 10.5 Å². The van der Waals surface area contributed by atoms with E-state index >= 15 is 0 Å². The average Bonchev–Trinajstić information content (AvgIpc) is 2.39. The Morgan fingerprint density at radius 1 is 1.42 bits per heavy atom. The van der Waals surface area contributed by atoms with Crippen LogP contribution in [-0.4, -0.2) is 22.5 Å². The first kappa shape index (κ1) is 12.9. The third-order valence-electron chi connectivity index (χ3n) is 2.43. The third kappa shape index (κ3) is 2.67. The number of nitrogens with two attached hydrogens (primary N) is 1. The van der Waals surface area contributed by atoms with Crippen molar-refractivity contribution < 1.29 is 13.9 Å². The van der Waals surface area contributed by atoms with Gasteiger partial charge in [-0.25, -0.2) is 19.2 Å². The second-order valence-electron chi connectivity index (χ2n) is 3.69. The van der Waals surface area contributed by atoms with E-state index in [1.165, 1.54) is 18.3 Å². The molecule has 0 aliphatic heterocycles. The molecule has 5 nitrogen and oxygen atoms in total. The maximum Gasteiger partial charge on any atom is 0.343 e. The molecule has 0 saturated heterocycles. The molecular formula is C13H12FN3O2. The zero-order valence-electron chi connectivity index (χ0n) is 10.3. The van der Waals surface area contributed by atoms with Crippen molar-refractivity contribution in [2.24, 2.45) is 0 Å². The zero-order valence-corrected chi connectivity index (χ0v) is 10.3. The van der Waals surface area contributed by atoms with Gasteiger partial charge in [0.1, 0.15) is 17.2 Å². The molecule has 2 rings (SSSR count). The van der Waals surface area contributed by atoms with Crippen molar-refractivity contribution in [2.75, 3.05) is 12.3 Å². The van der Waals surface area contributed by atoms with E-state index in [-0.39, 0.29) is 29.4 Å². The predicted octanol–water partition coefficient (Wildman–Crippen LogP) is 2.04. The highest BCUT2D eigenvalue weighted by atomic mass is 19.1. The number of anilines is 1. The Morgan fingerprint density at radius 2 is 2.16 bits per heavy atom. The highest BCUT2D eigenvalue weighted by Gasteiger charge is 2.15. The van der Waals surface area contributed by atoms with Gasteiger partial charge in [0.05, 0.1) is 12.2 Å². The molecule has 6 heteroatoms. The lowest BCUT2D eigenvalue weighted by Gasteiger charge is -2.06. The number of nitrogens with zero attached hydrogens (tertiary/aromatic N) is 2. The van der Waals surface area contributed by atoms with Crippen molar-refractivity contribution in [1.29, 1.82) is 0 Å². The molecule has 0 aliphatic carbocycles. The van der Waals surface area contributed by atoms with Crippen molar-refractivity contribution in [3.8, 4) is 11.4 Å². The fourth-order valence-corrected chi connectivity index (χ4v) is 1.53. The Kier molecular flexibility index (Phi) is 3.70. The lowest BCUT2D eigenvalue weighted by molar-refractivity contribution is 0.0527. The quantitative estimate of drug-likeness (QED) is 0.855. The van der Waals surface area contributed by atoms with Crippen LogP contribution in [0.15, 0.2) is 30.5 Å². The molecule has 0 saturated carbocycles. The number of ether oxygens (including phenoxy) is 1. The molecule has 2 aromatic rings. The van der Waals surface area contributed by atoms with Gasteiger partial charge in [0.25, 0.3) is 0 Å². The molecule has 98 valence electrons. The lowest BCUT2D eigenvalue weighted by Crippen LogP contribution is -2.11. The fraction of sp³-hybridized carbons (Fsp3) is 0.154. The molecule has 2 N–H and O–H groups in total. The van der Waals surface area contributed by atoms with Gasteiger partial charge < -0.3 is 10.5 Å². The number of esters is 1. The maximum atomic E-state index is 13.6. The minimum absolute atomic E-state index is 0.0355. The van der Waals surface area contributed by atoms with Gasteiger partial charge >= 0.3 is 5.97 Å². The van der Waals surface area contributed by atoms with Crippen molar-refractivity contribution in [2.45, 2.75) is 6.92 Å². The summed E-state index contributed by atoms with van der Waals surface area (Å²) in [5.74, 6) is -0.957. The summed E-state index contributed by atoms with van der Waals surface area (Å²) in [5, 5.41) is 0. The van der Waals surface area contributed by atoms with Crippen LogP contribution < -0.4 is 5.73 Å². The molecule has 1 heterocycles. The van der Waals surface area contributed by atoms with Crippen LogP contribution in [-0.2, 0) is 4.74 Å². The molecule has 0 unspecified atom stereocenters. The summed E-state index contributed by atoms with van der Waals surface area (Å²) in [7, 11) is 0. The van der Waals surface area contributed by atoms with E-state index in [1.54, 1.807) is 19.1 Å². The van der Waals surface area contributed by atoms with Crippen molar-refractivity contribution in [1.82, 2.24) is 9.97 Å². The zero-order chi connectivity index (χ0) is 13.8. The Labute approximate surface area is 109 Å². The number of nitrogen functional groups attached to an aromatic ring is 1. The van der Waals surface area contributed by atoms with Crippen molar-refractivity contribution in [3.63, 3.8) is 0 Å². The minimum atomic E-state index is -0.597. The molecule has 0 spiro atoms. The van der Waals surface area contributed by atoms with Crippen LogP contribution in [0.2, 0.25) is 0 Å². The fourth-order valence-electron chi connectivity index (χ4n) is 1.53. The van der Waals surface area contributed by atoms with E-state index in [0.717, 1.165) is 0 Å². The van der Waals surface area contributed by atoms with Crippen LogP contribution in [0.5, 0.6) is 0 Å². The second kappa shape index (κ2) is 5.43. The van der Waals surface area contributed by atoms with Crippen LogP contribution >= 0.6 is 0 Å². The van der Waals surface area contributed by atoms with E-state index in [9.17, 15) is 9.18 Å². The van der Waals surface area contributed by atoms with Crippen LogP contribution in [0.1, 0.15) is 17.3 Å². The molecular weight excluding hydrogens is 249 g/mol. The molecule has 19 heavy (non-hydrogen) atoms. The molecule has 0 radical (unpaired) electrons. The standard InChI is InChI=1S/C13H12FN3O2/c1-2-19-13(18)9-7-16-12(17-11(9)15)8-5-3-4-6-10(8)14/h3-7H,2H2,1H3,(H2,15,16,17). The number of aromatic nitrogens is 2. The van der Waals surface area contributed by atoms with E-state index in [2.05, 4.69) is 9.97 Å². The van der Waals surface area contributed by atoms with Gasteiger partial charge in [-0.2, -0.15) is 0 Å². The number of hydrogen-bond acceptors (Lipinski definition) is 5. The molecule has 0 bridgehead atoms. The Hall–Kier alpha value is -2.50. The second-order valence-corrected chi connectivity index (χ2v) is 3.69. The number of rotatable bonds is 3. The lowest BCUT2D eigenvalue weighted by atomic mass is 10.2. The Morgan fingerprint density at radius 3 is 2.79 bits per heavy atom. The summed E-state index contributed by atoms with van der Waals surface area (Å²) in [6, 6.07) is 6.06. The molecule has 1 aromatic carbocycles. The topological polar surface area (TPSA) is 78.1 Å². The summed E-state index contributed by atoms with van der Waals surface area (Å²) in [4.78, 5) is 19.4. The van der Waals surface area contributed by atoms with E-state index in [0.29, 0.717) is 0 Å². The number of halogens is 1. The first-order valence-electron chi connectivity index (χ1n) is 5.68. The average molecular weight is 261 g/mol. The maximum absolute atomic E-state index is 13.6. The highest BCUT2D eigenvalue weighted by molar-refractivity contribution is 5.94. The van der Waals surface area contributed by atoms with Gasteiger partial charge in [-0.15, -0.1) is 0 Å². The van der Waals surface area contributed by atoms with Gasteiger partial charge in [0.2, 0.25) is 0 Å². The molecule has 0 aliphatic rings. The molecule has 0 amide bonds. The number of hydrogen-bond donors (Lipinski definition) is 1. The first-order chi connectivity index (χ1) is 9.13. The Bertz CT molecular complexity index is 617. The van der Waals surface area contributed by atoms with Crippen LogP contribution in [0.4, 0.5) is 10.2 Å². The monoisotopic (exact) mass is 261 g/mol. The normalized spacial score (nSPS) is 10.2. The molecule has 0 fully saturated rings. The van der Waals surface area contributed by atoms with Gasteiger partial charge in [-0.1, -0.05) is 12.1 Å². The Balaban J connectivity index is 2.39. The summed E-state index contributed by atoms with van der Waals surface area (Å²) in [5.41, 5.74) is 5.96. The van der Waals surface area contributed by atoms with Gasteiger partial charge in [-0.05, 0) is 19.1 Å². The number of carbonyl (C=O) groups is 1. The molecule has 1 aromatic heterocycles. The van der Waals surface area contributed by atoms with Gasteiger partial charge in [0.15, 0.2) is 5.82 Å². The van der Waals surface area contributed by atoms with Crippen molar-refractivity contribution in [3.05, 3.63) is 41.8 Å². The van der Waals surface area contributed by atoms with Crippen LogP contribution in [0, 0.1) is 5.82 Å². The van der Waals surface area contributed by atoms with Gasteiger partial charge in [-0.3, -0.25) is 0 Å². The highest BCUT2D eigenvalue weighted by Crippen LogP contribution is 2.20.